The molecule has 162 valence electrons. The minimum absolute atomic E-state index is 0.0482. The summed E-state index contributed by atoms with van der Waals surface area (Å²) in [4.78, 5) is 12.5. The Morgan fingerprint density at radius 1 is 0.968 bits per heavy atom. The first-order chi connectivity index (χ1) is 14.8. The number of rotatable bonds is 9. The molecule has 31 heavy (non-hydrogen) atoms. The highest BCUT2D eigenvalue weighted by molar-refractivity contribution is 7.89. The topological polar surface area (TPSA) is 95.5 Å². The first kappa shape index (κ1) is 22.5. The van der Waals surface area contributed by atoms with Crippen molar-refractivity contribution < 1.29 is 18.3 Å². The lowest BCUT2D eigenvalue weighted by Gasteiger charge is -2.15. The van der Waals surface area contributed by atoms with Crippen LogP contribution in [-0.2, 0) is 16.4 Å². The first-order valence-electron chi connectivity index (χ1n) is 10.1. The molecular weight excluding hydrogens is 412 g/mol. The zero-order valence-corrected chi connectivity index (χ0v) is 18.1. The summed E-state index contributed by atoms with van der Waals surface area (Å²) in [6.45, 7) is 2.23. The summed E-state index contributed by atoms with van der Waals surface area (Å²) < 4.78 is 28.2. The van der Waals surface area contributed by atoms with Crippen molar-refractivity contribution in [1.82, 2.24) is 10.0 Å². The van der Waals surface area contributed by atoms with Crippen molar-refractivity contribution in [3.05, 3.63) is 95.6 Å². The van der Waals surface area contributed by atoms with Crippen molar-refractivity contribution >= 4 is 15.9 Å². The van der Waals surface area contributed by atoms with Crippen LogP contribution >= 0.6 is 0 Å². The molecule has 6 nitrogen and oxygen atoms in total. The fourth-order valence-corrected chi connectivity index (χ4v) is 4.45. The molecule has 0 aromatic heterocycles. The van der Waals surface area contributed by atoms with Gasteiger partial charge in [-0.25, -0.2) is 13.1 Å². The third-order valence-electron chi connectivity index (χ3n) is 4.90. The standard InChI is InChI=1S/C24H26N2O4S/c1-18(20-8-3-2-4-9-20)26-31(29,30)23-11-5-10-21(17-23)24(28)25-16-6-7-19-12-14-22(27)15-13-19/h2-5,8-15,17-18,26-27H,6-7,16H2,1H3,(H,25,28). The van der Waals surface area contributed by atoms with Crippen LogP contribution in [0.3, 0.4) is 0 Å². The van der Waals surface area contributed by atoms with Gasteiger partial charge in [-0.1, -0.05) is 48.5 Å². The molecule has 0 heterocycles. The van der Waals surface area contributed by atoms with Crippen LogP contribution in [0, 0.1) is 0 Å². The van der Waals surface area contributed by atoms with E-state index in [9.17, 15) is 18.3 Å². The molecule has 0 spiro atoms. The molecule has 3 N–H and O–H groups in total. The maximum Gasteiger partial charge on any atom is 0.251 e. The maximum atomic E-state index is 12.8. The van der Waals surface area contributed by atoms with E-state index < -0.39 is 16.1 Å². The number of carbonyl (C=O) groups is 1. The van der Waals surface area contributed by atoms with Gasteiger partial charge in [-0.3, -0.25) is 4.79 Å². The summed E-state index contributed by atoms with van der Waals surface area (Å²) >= 11 is 0. The van der Waals surface area contributed by atoms with Crippen LogP contribution in [0.2, 0.25) is 0 Å². The van der Waals surface area contributed by atoms with E-state index >= 15 is 0 Å². The zero-order valence-electron chi connectivity index (χ0n) is 17.3. The van der Waals surface area contributed by atoms with E-state index in [1.165, 1.54) is 12.1 Å². The molecule has 0 radical (unpaired) electrons. The molecule has 0 aliphatic rings. The average molecular weight is 439 g/mol. The molecule has 0 aliphatic carbocycles. The van der Waals surface area contributed by atoms with E-state index in [-0.39, 0.29) is 16.6 Å². The van der Waals surface area contributed by atoms with Crippen molar-refractivity contribution in [1.29, 1.82) is 0 Å². The summed E-state index contributed by atoms with van der Waals surface area (Å²) in [6.07, 6.45) is 1.49. The van der Waals surface area contributed by atoms with Gasteiger partial charge in [-0.2, -0.15) is 0 Å². The number of aryl methyl sites for hydroxylation is 1. The Labute approximate surface area is 183 Å². The lowest BCUT2D eigenvalue weighted by molar-refractivity contribution is 0.0953. The van der Waals surface area contributed by atoms with Gasteiger partial charge in [-0.05, 0) is 61.2 Å². The Morgan fingerprint density at radius 3 is 2.39 bits per heavy atom. The second kappa shape index (κ2) is 10.2. The zero-order chi connectivity index (χ0) is 22.3. The van der Waals surface area contributed by atoms with E-state index in [0.29, 0.717) is 12.1 Å². The summed E-state index contributed by atoms with van der Waals surface area (Å²) in [5.74, 6) is -0.0987. The third-order valence-corrected chi connectivity index (χ3v) is 6.44. The van der Waals surface area contributed by atoms with Gasteiger partial charge in [-0.15, -0.1) is 0 Å². The predicted molar refractivity (Wildman–Crippen MR) is 120 cm³/mol. The number of nitrogens with one attached hydrogen (secondary N) is 2. The lowest BCUT2D eigenvalue weighted by atomic mass is 10.1. The van der Waals surface area contributed by atoms with Gasteiger partial charge < -0.3 is 10.4 Å². The third kappa shape index (κ3) is 6.41. The van der Waals surface area contributed by atoms with Crippen LogP contribution in [0.4, 0.5) is 0 Å². The second-order valence-corrected chi connectivity index (χ2v) is 9.02. The molecule has 0 bridgehead atoms. The Bertz CT molecular complexity index is 1110. The van der Waals surface area contributed by atoms with Crippen LogP contribution in [0.25, 0.3) is 0 Å². The SMILES string of the molecule is CC(NS(=O)(=O)c1cccc(C(=O)NCCCc2ccc(O)cc2)c1)c1ccccc1. The summed E-state index contributed by atoms with van der Waals surface area (Å²) in [5, 5.41) is 12.1. The van der Waals surface area contributed by atoms with Gasteiger partial charge >= 0.3 is 0 Å². The smallest absolute Gasteiger partial charge is 0.251 e. The highest BCUT2D eigenvalue weighted by Gasteiger charge is 2.19. The van der Waals surface area contributed by atoms with Crippen LogP contribution in [-0.4, -0.2) is 26.0 Å². The van der Waals surface area contributed by atoms with E-state index in [1.807, 2.05) is 42.5 Å². The molecule has 1 amide bonds. The fourth-order valence-electron chi connectivity index (χ4n) is 3.17. The fraction of sp³-hybridized carbons (Fsp3) is 0.208. The molecular formula is C24H26N2O4S. The normalized spacial score (nSPS) is 12.3. The Hall–Kier alpha value is -3.16. The number of benzene rings is 3. The van der Waals surface area contributed by atoms with E-state index in [2.05, 4.69) is 10.0 Å². The molecule has 0 fully saturated rings. The number of hydrogen-bond donors (Lipinski definition) is 3. The van der Waals surface area contributed by atoms with E-state index in [0.717, 1.165) is 24.0 Å². The molecule has 3 aromatic carbocycles. The van der Waals surface area contributed by atoms with Crippen molar-refractivity contribution in [2.75, 3.05) is 6.54 Å². The van der Waals surface area contributed by atoms with Crippen molar-refractivity contribution in [2.45, 2.75) is 30.7 Å². The number of carbonyl (C=O) groups excluding carboxylic acids is 1. The summed E-state index contributed by atoms with van der Waals surface area (Å²) in [7, 11) is -3.78. The van der Waals surface area contributed by atoms with E-state index in [1.54, 1.807) is 31.2 Å². The van der Waals surface area contributed by atoms with Gasteiger partial charge in [0.2, 0.25) is 10.0 Å². The van der Waals surface area contributed by atoms with Crippen LogP contribution in [0.1, 0.15) is 40.9 Å². The van der Waals surface area contributed by atoms with Gasteiger partial charge in [0.15, 0.2) is 0 Å². The number of aromatic hydroxyl groups is 1. The highest BCUT2D eigenvalue weighted by atomic mass is 32.2. The molecule has 3 aromatic rings. The Balaban J connectivity index is 1.58. The van der Waals surface area contributed by atoms with Crippen LogP contribution in [0.15, 0.2) is 83.8 Å². The largest absolute Gasteiger partial charge is 0.508 e. The van der Waals surface area contributed by atoms with Gasteiger partial charge in [0.05, 0.1) is 4.90 Å². The number of hydrogen-bond acceptors (Lipinski definition) is 4. The number of phenols is 1. The Morgan fingerprint density at radius 2 is 1.68 bits per heavy atom. The lowest BCUT2D eigenvalue weighted by Crippen LogP contribution is -2.28. The number of sulfonamides is 1. The van der Waals surface area contributed by atoms with Crippen molar-refractivity contribution in [3.63, 3.8) is 0 Å². The van der Waals surface area contributed by atoms with Crippen molar-refractivity contribution in [2.24, 2.45) is 0 Å². The minimum atomic E-state index is -3.78. The maximum absolute atomic E-state index is 12.8. The molecule has 1 unspecified atom stereocenters. The molecule has 0 saturated carbocycles. The van der Waals surface area contributed by atoms with Gasteiger partial charge in [0.25, 0.3) is 5.91 Å². The van der Waals surface area contributed by atoms with Crippen LogP contribution < -0.4 is 10.0 Å². The molecule has 0 aliphatic heterocycles. The van der Waals surface area contributed by atoms with Crippen LogP contribution in [0.5, 0.6) is 5.75 Å². The molecule has 1 atom stereocenters. The van der Waals surface area contributed by atoms with Gasteiger partial charge in [0, 0.05) is 18.2 Å². The number of amides is 1. The minimum Gasteiger partial charge on any atom is -0.508 e. The first-order valence-corrected chi connectivity index (χ1v) is 11.6. The molecule has 3 rings (SSSR count). The quantitative estimate of drug-likeness (QED) is 0.443. The summed E-state index contributed by atoms with van der Waals surface area (Å²) in [6, 6.07) is 21.9. The Kier molecular flexibility index (Phi) is 7.44. The molecule has 0 saturated heterocycles. The van der Waals surface area contributed by atoms with E-state index in [4.69, 9.17) is 0 Å². The monoisotopic (exact) mass is 438 g/mol. The van der Waals surface area contributed by atoms with Crippen molar-refractivity contribution in [3.8, 4) is 5.75 Å². The summed E-state index contributed by atoms with van der Waals surface area (Å²) in [5.41, 5.74) is 2.22. The average Bonchev–Trinajstić information content (AvgIpc) is 2.78. The number of phenolic OH excluding ortho intramolecular Hbond substituents is 1. The van der Waals surface area contributed by atoms with Gasteiger partial charge in [0.1, 0.15) is 5.75 Å². The predicted octanol–water partition coefficient (Wildman–Crippen LogP) is 3.79. The second-order valence-electron chi connectivity index (χ2n) is 7.31. The molecule has 7 heteroatoms. The highest BCUT2D eigenvalue weighted by Crippen LogP contribution is 2.18.